The topological polar surface area (TPSA) is 132 Å². The Labute approximate surface area is 260 Å². The first-order chi connectivity index (χ1) is 22.0. The molecule has 5 N–H and O–H groups in total. The van der Waals surface area contributed by atoms with Crippen molar-refractivity contribution in [3.8, 4) is 11.5 Å². The van der Waals surface area contributed by atoms with E-state index in [1.165, 1.54) is 12.2 Å². The molecule has 5 aromatic rings. The number of aliphatic hydroxyl groups is 1. The standard InChI is InChI=1S/C36H33N3O6/c37-29-17-7-8-18-31(29)38-34(41)22-21-33(44-26-13-2-1-3-14-26)35(28-16-6-9-20-32(28)43-24-23-40)45-36(42)39-30-19-10-12-25-11-4-5-15-27(25)30/h1-22,33,35,40H,23-24,37H2,(H,38,41)(H,39,42)/b22-21+/t33-,35-/m1/s1. The summed E-state index contributed by atoms with van der Waals surface area (Å²) >= 11 is 0. The van der Waals surface area contributed by atoms with Gasteiger partial charge < -0.3 is 30.4 Å². The van der Waals surface area contributed by atoms with Crippen LogP contribution in [0.3, 0.4) is 0 Å². The van der Waals surface area contributed by atoms with E-state index in [-0.39, 0.29) is 13.2 Å². The number of nitrogen functional groups attached to an aromatic ring is 1. The van der Waals surface area contributed by atoms with Crippen LogP contribution in [0.4, 0.5) is 21.9 Å². The molecule has 0 aliphatic carbocycles. The van der Waals surface area contributed by atoms with E-state index in [1.54, 1.807) is 66.7 Å². The number of anilines is 3. The molecule has 0 radical (unpaired) electrons. The molecule has 9 heteroatoms. The number of hydrogen-bond donors (Lipinski definition) is 4. The maximum atomic E-state index is 13.6. The van der Waals surface area contributed by atoms with Crippen molar-refractivity contribution in [2.45, 2.75) is 12.2 Å². The molecule has 0 aromatic heterocycles. The number of nitrogens with one attached hydrogen (secondary N) is 2. The van der Waals surface area contributed by atoms with Crippen molar-refractivity contribution >= 4 is 39.8 Å². The molecule has 5 aromatic carbocycles. The van der Waals surface area contributed by atoms with Crippen molar-refractivity contribution < 1.29 is 28.9 Å². The third kappa shape index (κ3) is 8.19. The van der Waals surface area contributed by atoms with Crippen LogP contribution in [-0.4, -0.2) is 36.4 Å². The van der Waals surface area contributed by atoms with Crippen molar-refractivity contribution in [3.63, 3.8) is 0 Å². The predicted molar refractivity (Wildman–Crippen MR) is 175 cm³/mol. The summed E-state index contributed by atoms with van der Waals surface area (Å²) in [4.78, 5) is 26.5. The zero-order valence-corrected chi connectivity index (χ0v) is 24.3. The summed E-state index contributed by atoms with van der Waals surface area (Å²) < 4.78 is 18.2. The molecule has 2 atom stereocenters. The smallest absolute Gasteiger partial charge is 0.412 e. The van der Waals surface area contributed by atoms with Gasteiger partial charge in [-0.2, -0.15) is 0 Å². The first-order valence-corrected chi connectivity index (χ1v) is 14.3. The van der Waals surface area contributed by atoms with Crippen LogP contribution in [-0.2, 0) is 9.53 Å². The van der Waals surface area contributed by atoms with Crippen LogP contribution in [0.25, 0.3) is 10.8 Å². The highest BCUT2D eigenvalue weighted by atomic mass is 16.6. The van der Waals surface area contributed by atoms with Crippen molar-refractivity contribution in [1.82, 2.24) is 0 Å². The lowest BCUT2D eigenvalue weighted by molar-refractivity contribution is -0.112. The lowest BCUT2D eigenvalue weighted by Crippen LogP contribution is -2.30. The van der Waals surface area contributed by atoms with E-state index < -0.39 is 24.2 Å². The first-order valence-electron chi connectivity index (χ1n) is 14.3. The summed E-state index contributed by atoms with van der Waals surface area (Å²) in [6.45, 7) is -0.194. The molecule has 0 heterocycles. The van der Waals surface area contributed by atoms with E-state index in [0.29, 0.717) is 34.1 Å². The SMILES string of the molecule is Nc1ccccc1NC(=O)/C=C/[C@@H](Oc1ccccc1)[C@H](OC(=O)Nc1cccc2ccccc12)c1ccccc1OCCO. The van der Waals surface area contributed by atoms with Crippen molar-refractivity contribution in [1.29, 1.82) is 0 Å². The lowest BCUT2D eigenvalue weighted by atomic mass is 10.0. The van der Waals surface area contributed by atoms with Crippen LogP contribution in [0.1, 0.15) is 11.7 Å². The molecule has 228 valence electrons. The fourth-order valence-corrected chi connectivity index (χ4v) is 4.72. The van der Waals surface area contributed by atoms with Gasteiger partial charge in [-0.1, -0.05) is 84.9 Å². The molecule has 45 heavy (non-hydrogen) atoms. The third-order valence-corrected chi connectivity index (χ3v) is 6.80. The highest BCUT2D eigenvalue weighted by molar-refractivity contribution is 6.01. The number of fused-ring (bicyclic) bond motifs is 1. The molecule has 0 saturated carbocycles. The zero-order chi connectivity index (χ0) is 31.4. The summed E-state index contributed by atoms with van der Waals surface area (Å²) in [5, 5.41) is 16.8. The van der Waals surface area contributed by atoms with Gasteiger partial charge in [0.1, 0.15) is 18.1 Å². The number of nitrogens with two attached hydrogens (primary N) is 1. The monoisotopic (exact) mass is 603 g/mol. The van der Waals surface area contributed by atoms with Gasteiger partial charge in [-0.25, -0.2) is 4.79 Å². The van der Waals surface area contributed by atoms with E-state index in [4.69, 9.17) is 19.9 Å². The van der Waals surface area contributed by atoms with Gasteiger partial charge in [0.15, 0.2) is 12.2 Å². The number of ether oxygens (including phenoxy) is 3. The maximum absolute atomic E-state index is 13.6. The zero-order valence-electron chi connectivity index (χ0n) is 24.3. The van der Waals surface area contributed by atoms with Crippen LogP contribution in [0.15, 0.2) is 133 Å². The number of amides is 2. The van der Waals surface area contributed by atoms with Gasteiger partial charge in [-0.05, 0) is 47.9 Å². The van der Waals surface area contributed by atoms with E-state index >= 15 is 0 Å². The van der Waals surface area contributed by atoms with Gasteiger partial charge in [0.25, 0.3) is 0 Å². The highest BCUT2D eigenvalue weighted by Gasteiger charge is 2.30. The molecule has 0 saturated heterocycles. The van der Waals surface area contributed by atoms with Crippen molar-refractivity contribution in [3.05, 3.63) is 139 Å². The van der Waals surface area contributed by atoms with Crippen LogP contribution in [0.2, 0.25) is 0 Å². The Bertz CT molecular complexity index is 1770. The van der Waals surface area contributed by atoms with Gasteiger partial charge in [0, 0.05) is 17.0 Å². The van der Waals surface area contributed by atoms with Crippen LogP contribution < -0.4 is 25.8 Å². The van der Waals surface area contributed by atoms with Gasteiger partial charge in [-0.3, -0.25) is 10.1 Å². The third-order valence-electron chi connectivity index (χ3n) is 6.80. The average molecular weight is 604 g/mol. The van der Waals surface area contributed by atoms with E-state index in [2.05, 4.69) is 10.6 Å². The Hall–Kier alpha value is -5.80. The van der Waals surface area contributed by atoms with Crippen LogP contribution in [0.5, 0.6) is 11.5 Å². The second-order valence-electron chi connectivity index (χ2n) is 9.92. The second-order valence-corrected chi connectivity index (χ2v) is 9.92. The Morgan fingerprint density at radius 1 is 0.778 bits per heavy atom. The Morgan fingerprint density at radius 3 is 2.29 bits per heavy atom. The van der Waals surface area contributed by atoms with Crippen molar-refractivity contribution in [2.75, 3.05) is 29.6 Å². The number of benzene rings is 5. The highest BCUT2D eigenvalue weighted by Crippen LogP contribution is 2.34. The molecule has 0 fully saturated rings. The molecular formula is C36H33N3O6. The first kappa shape index (κ1) is 30.7. The summed E-state index contributed by atoms with van der Waals surface area (Å²) in [6, 6.07) is 36.1. The number of aliphatic hydroxyl groups excluding tert-OH is 1. The number of carbonyl (C=O) groups is 2. The van der Waals surface area contributed by atoms with Gasteiger partial charge in [-0.15, -0.1) is 0 Å². The minimum Gasteiger partial charge on any atom is -0.491 e. The number of rotatable bonds is 12. The number of hydrogen-bond acceptors (Lipinski definition) is 7. The molecule has 0 unspecified atom stereocenters. The molecule has 9 nitrogen and oxygen atoms in total. The van der Waals surface area contributed by atoms with E-state index in [0.717, 1.165) is 10.8 Å². The molecular weight excluding hydrogens is 570 g/mol. The second kappa shape index (κ2) is 15.1. The Balaban J connectivity index is 1.50. The molecule has 0 aliphatic rings. The van der Waals surface area contributed by atoms with Gasteiger partial charge >= 0.3 is 6.09 Å². The van der Waals surface area contributed by atoms with Gasteiger partial charge in [0.2, 0.25) is 5.91 Å². The summed E-state index contributed by atoms with van der Waals surface area (Å²) in [5.41, 5.74) is 7.91. The largest absolute Gasteiger partial charge is 0.491 e. The quantitative estimate of drug-likeness (QED) is 0.0919. The van der Waals surface area contributed by atoms with Gasteiger partial charge in [0.05, 0.1) is 23.7 Å². The predicted octanol–water partition coefficient (Wildman–Crippen LogP) is 6.73. The Morgan fingerprint density at radius 2 is 1.47 bits per heavy atom. The fourth-order valence-electron chi connectivity index (χ4n) is 4.72. The van der Waals surface area contributed by atoms with E-state index in [1.807, 2.05) is 54.6 Å². The molecule has 0 bridgehead atoms. The molecule has 5 rings (SSSR count). The summed E-state index contributed by atoms with van der Waals surface area (Å²) in [7, 11) is 0. The molecule has 0 spiro atoms. The maximum Gasteiger partial charge on any atom is 0.412 e. The lowest BCUT2D eigenvalue weighted by Gasteiger charge is -2.27. The summed E-state index contributed by atoms with van der Waals surface area (Å²) in [6.07, 6.45) is -0.0229. The fraction of sp³-hybridized carbons (Fsp3) is 0.111. The van der Waals surface area contributed by atoms with E-state index in [9.17, 15) is 14.7 Å². The number of para-hydroxylation sites is 4. The number of carbonyl (C=O) groups excluding carboxylic acids is 2. The van der Waals surface area contributed by atoms with Crippen molar-refractivity contribution in [2.24, 2.45) is 0 Å². The minimum absolute atomic E-state index is 0.0207. The average Bonchev–Trinajstić information content (AvgIpc) is 3.06. The minimum atomic E-state index is -1.10. The molecule has 2 amide bonds. The Kier molecular flexibility index (Phi) is 10.3. The summed E-state index contributed by atoms with van der Waals surface area (Å²) in [5.74, 6) is 0.404. The van der Waals surface area contributed by atoms with Crippen LogP contribution >= 0.6 is 0 Å². The normalized spacial score (nSPS) is 12.3. The molecule has 0 aliphatic heterocycles. The van der Waals surface area contributed by atoms with Crippen LogP contribution in [0, 0.1) is 0 Å².